The molecule has 27 heavy (non-hydrogen) atoms. The molecule has 1 unspecified atom stereocenters. The summed E-state index contributed by atoms with van der Waals surface area (Å²) < 4.78 is 0.744. The molecule has 0 radical (unpaired) electrons. The lowest BCUT2D eigenvalue weighted by Gasteiger charge is -2.13. The number of nitrogens with one attached hydrogen (secondary N) is 1. The monoisotopic (exact) mass is 437 g/mol. The van der Waals surface area contributed by atoms with E-state index in [9.17, 15) is 4.79 Å². The van der Waals surface area contributed by atoms with Gasteiger partial charge in [0.2, 0.25) is 11.0 Å². The van der Waals surface area contributed by atoms with Gasteiger partial charge in [-0.15, -0.1) is 10.2 Å². The number of benzene rings is 2. The minimum Gasteiger partial charge on any atom is -0.300 e. The smallest absolute Gasteiger partial charge is 0.233 e. The zero-order valence-corrected chi connectivity index (χ0v) is 17.6. The Morgan fingerprint density at radius 1 is 1.11 bits per heavy atom. The van der Waals surface area contributed by atoms with Gasteiger partial charge in [-0.2, -0.15) is 0 Å². The third-order valence-electron chi connectivity index (χ3n) is 3.96. The number of halogens is 2. The third-order valence-corrected chi connectivity index (χ3v) is 6.67. The van der Waals surface area contributed by atoms with Gasteiger partial charge in [-0.05, 0) is 29.7 Å². The summed E-state index contributed by atoms with van der Waals surface area (Å²) in [5, 5.41) is 12.8. The van der Waals surface area contributed by atoms with Crippen molar-refractivity contribution in [3.8, 4) is 0 Å². The van der Waals surface area contributed by atoms with Crippen LogP contribution in [0.2, 0.25) is 10.0 Å². The van der Waals surface area contributed by atoms with E-state index in [0.29, 0.717) is 27.4 Å². The van der Waals surface area contributed by atoms with Crippen molar-refractivity contribution in [2.24, 2.45) is 0 Å². The van der Waals surface area contributed by atoms with E-state index in [2.05, 4.69) is 15.5 Å². The van der Waals surface area contributed by atoms with Gasteiger partial charge in [0.1, 0.15) is 0 Å². The van der Waals surface area contributed by atoms with Crippen molar-refractivity contribution in [2.75, 3.05) is 5.32 Å². The van der Waals surface area contributed by atoms with Crippen molar-refractivity contribution in [1.29, 1.82) is 0 Å². The molecule has 0 aliphatic rings. The second-order valence-electron chi connectivity index (χ2n) is 5.72. The van der Waals surface area contributed by atoms with Crippen LogP contribution in [0.25, 0.3) is 0 Å². The Hall–Kier alpha value is -1.60. The molecule has 0 fully saturated rings. The lowest BCUT2D eigenvalue weighted by Crippen LogP contribution is -2.20. The number of carbonyl (C=O) groups excluding carboxylic acids is 1. The van der Waals surface area contributed by atoms with E-state index in [1.54, 1.807) is 0 Å². The first-order valence-electron chi connectivity index (χ1n) is 8.33. The third kappa shape index (κ3) is 5.23. The highest BCUT2D eigenvalue weighted by molar-refractivity contribution is 8.00. The Morgan fingerprint density at radius 2 is 1.81 bits per heavy atom. The van der Waals surface area contributed by atoms with Gasteiger partial charge in [0.05, 0.1) is 5.92 Å². The number of aromatic nitrogens is 2. The highest BCUT2D eigenvalue weighted by Gasteiger charge is 2.20. The van der Waals surface area contributed by atoms with Crippen LogP contribution < -0.4 is 5.32 Å². The molecule has 3 rings (SSSR count). The van der Waals surface area contributed by atoms with E-state index in [1.165, 1.54) is 23.1 Å². The topological polar surface area (TPSA) is 54.9 Å². The summed E-state index contributed by atoms with van der Waals surface area (Å²) in [5.41, 5.74) is 1.85. The minimum atomic E-state index is -0.215. The van der Waals surface area contributed by atoms with Gasteiger partial charge in [0.25, 0.3) is 0 Å². The Labute approximate surface area is 176 Å². The molecule has 0 saturated heterocycles. The van der Waals surface area contributed by atoms with Crippen molar-refractivity contribution in [3.05, 3.63) is 69.7 Å². The average molecular weight is 438 g/mol. The number of nitrogens with zero attached hydrogens (tertiary/aromatic N) is 2. The maximum absolute atomic E-state index is 12.6. The van der Waals surface area contributed by atoms with Crippen LogP contribution in [0.15, 0.2) is 52.9 Å². The van der Waals surface area contributed by atoms with Crippen molar-refractivity contribution in [2.45, 2.75) is 29.4 Å². The van der Waals surface area contributed by atoms with E-state index in [0.717, 1.165) is 15.5 Å². The summed E-state index contributed by atoms with van der Waals surface area (Å²) in [6, 6.07) is 15.2. The van der Waals surface area contributed by atoms with Crippen LogP contribution in [0.1, 0.15) is 30.4 Å². The second-order valence-corrected chi connectivity index (χ2v) is 8.74. The van der Waals surface area contributed by atoms with Crippen LogP contribution in [0.4, 0.5) is 5.13 Å². The van der Waals surface area contributed by atoms with Gasteiger partial charge >= 0.3 is 0 Å². The second kappa shape index (κ2) is 9.55. The van der Waals surface area contributed by atoms with E-state index in [-0.39, 0.29) is 11.8 Å². The quantitative estimate of drug-likeness (QED) is 0.349. The summed E-state index contributed by atoms with van der Waals surface area (Å²) in [4.78, 5) is 12.6. The zero-order chi connectivity index (χ0) is 19.2. The predicted octanol–water partition coefficient (Wildman–Crippen LogP) is 6.27. The number of carbonyl (C=O) groups is 1. The lowest BCUT2D eigenvalue weighted by molar-refractivity contribution is -0.117. The van der Waals surface area contributed by atoms with Crippen molar-refractivity contribution in [3.63, 3.8) is 0 Å². The zero-order valence-electron chi connectivity index (χ0n) is 14.5. The Kier molecular flexibility index (Phi) is 7.13. The summed E-state index contributed by atoms with van der Waals surface area (Å²) >= 11 is 15.2. The van der Waals surface area contributed by atoms with E-state index in [4.69, 9.17) is 23.2 Å². The number of rotatable bonds is 7. The molecule has 4 nitrogen and oxygen atoms in total. The van der Waals surface area contributed by atoms with Crippen LogP contribution in [0.3, 0.4) is 0 Å². The molecule has 0 aliphatic heterocycles. The fourth-order valence-electron chi connectivity index (χ4n) is 2.57. The standard InChI is InChI=1S/C19H17Cl2N3OS2/c1-2-13(12-7-4-3-5-8-12)17(25)22-18-23-24-19(27-18)26-11-14-15(20)9-6-10-16(14)21/h3-10,13H,2,11H2,1H3,(H,22,23,25). The van der Waals surface area contributed by atoms with Crippen LogP contribution in [0.5, 0.6) is 0 Å². The van der Waals surface area contributed by atoms with Gasteiger partial charge in [-0.25, -0.2) is 0 Å². The summed E-state index contributed by atoms with van der Waals surface area (Å²) in [6.45, 7) is 1.99. The van der Waals surface area contributed by atoms with Crippen LogP contribution >= 0.6 is 46.3 Å². The number of thioether (sulfide) groups is 1. The minimum absolute atomic E-state index is 0.0782. The maximum atomic E-state index is 12.6. The van der Waals surface area contributed by atoms with Crippen LogP contribution in [-0.4, -0.2) is 16.1 Å². The fourth-order valence-corrected chi connectivity index (χ4v) is 5.07. The highest BCUT2D eigenvalue weighted by atomic mass is 35.5. The molecular weight excluding hydrogens is 421 g/mol. The molecule has 2 aromatic carbocycles. The SMILES string of the molecule is CCC(C(=O)Nc1nnc(SCc2c(Cl)cccc2Cl)s1)c1ccccc1. The predicted molar refractivity (Wildman–Crippen MR) is 114 cm³/mol. The normalized spacial score (nSPS) is 12.0. The first-order valence-corrected chi connectivity index (χ1v) is 10.9. The molecule has 3 aromatic rings. The van der Waals surface area contributed by atoms with E-state index in [1.807, 2.05) is 55.5 Å². The molecule has 8 heteroatoms. The number of anilines is 1. The largest absolute Gasteiger partial charge is 0.300 e. The number of hydrogen-bond donors (Lipinski definition) is 1. The summed E-state index contributed by atoms with van der Waals surface area (Å²) in [5.74, 6) is 0.293. The first-order chi connectivity index (χ1) is 13.1. The summed E-state index contributed by atoms with van der Waals surface area (Å²) in [7, 11) is 0. The number of amides is 1. The molecule has 0 spiro atoms. The van der Waals surface area contributed by atoms with E-state index < -0.39 is 0 Å². The molecule has 1 heterocycles. The first kappa shape index (κ1) is 20.1. The van der Waals surface area contributed by atoms with Gasteiger partial charge in [-0.1, -0.05) is 89.6 Å². The molecule has 1 aromatic heterocycles. The van der Waals surface area contributed by atoms with Crippen molar-refractivity contribution >= 4 is 57.3 Å². The highest BCUT2D eigenvalue weighted by Crippen LogP contribution is 2.34. The van der Waals surface area contributed by atoms with Crippen LogP contribution in [-0.2, 0) is 10.5 Å². The molecule has 1 atom stereocenters. The number of hydrogen-bond acceptors (Lipinski definition) is 5. The van der Waals surface area contributed by atoms with Crippen molar-refractivity contribution < 1.29 is 4.79 Å². The molecule has 0 bridgehead atoms. The molecule has 1 N–H and O–H groups in total. The molecular formula is C19H17Cl2N3OS2. The molecule has 0 saturated carbocycles. The van der Waals surface area contributed by atoms with Gasteiger partial charge in [0, 0.05) is 15.8 Å². The Balaban J connectivity index is 1.63. The molecule has 0 aliphatic carbocycles. The molecule has 1 amide bonds. The fraction of sp³-hybridized carbons (Fsp3) is 0.211. The Morgan fingerprint density at radius 3 is 2.48 bits per heavy atom. The van der Waals surface area contributed by atoms with Gasteiger partial charge in [0.15, 0.2) is 4.34 Å². The van der Waals surface area contributed by atoms with Gasteiger partial charge < -0.3 is 0 Å². The van der Waals surface area contributed by atoms with Crippen molar-refractivity contribution in [1.82, 2.24) is 10.2 Å². The lowest BCUT2D eigenvalue weighted by atomic mass is 9.96. The van der Waals surface area contributed by atoms with Crippen LogP contribution in [0, 0.1) is 0 Å². The van der Waals surface area contributed by atoms with Gasteiger partial charge in [-0.3, -0.25) is 10.1 Å². The maximum Gasteiger partial charge on any atom is 0.233 e. The molecule has 140 valence electrons. The summed E-state index contributed by atoms with van der Waals surface area (Å²) in [6.07, 6.45) is 0.710. The Bertz CT molecular complexity index is 898. The van der Waals surface area contributed by atoms with E-state index >= 15 is 0 Å². The average Bonchev–Trinajstić information content (AvgIpc) is 3.10.